The molecule has 0 unspecified atom stereocenters. The minimum absolute atomic E-state index is 0.147. The van der Waals surface area contributed by atoms with Gasteiger partial charge in [-0.3, -0.25) is 10.3 Å². The van der Waals surface area contributed by atoms with Crippen LogP contribution in [-0.4, -0.2) is 30.0 Å². The first-order valence-electron chi connectivity index (χ1n) is 7.01. The lowest BCUT2D eigenvalue weighted by Gasteiger charge is -2.21. The molecule has 1 fully saturated rings. The zero-order chi connectivity index (χ0) is 16.4. The van der Waals surface area contributed by atoms with Gasteiger partial charge in [-0.2, -0.15) is 0 Å². The summed E-state index contributed by atoms with van der Waals surface area (Å²) < 4.78 is 0. The number of carbonyl (C=O) groups excluding carboxylic acids is 1. The van der Waals surface area contributed by atoms with E-state index in [1.54, 1.807) is 23.1 Å². The predicted octanol–water partition coefficient (Wildman–Crippen LogP) is 4.28. The van der Waals surface area contributed by atoms with Crippen LogP contribution < -0.4 is 10.2 Å². The Morgan fingerprint density at radius 3 is 2.48 bits per heavy atom. The number of hydrogen-bond acceptors (Lipinski definition) is 2. The van der Waals surface area contributed by atoms with E-state index < -0.39 is 0 Å². The Hall–Kier alpha value is -2.24. The molecule has 0 aromatic heterocycles. The maximum atomic E-state index is 12.4. The largest absolute Gasteiger partial charge is 0.328 e. The lowest BCUT2D eigenvalue weighted by Crippen LogP contribution is -2.39. The number of amides is 2. The summed E-state index contributed by atoms with van der Waals surface area (Å²) in [4.78, 5) is 15.5. The number of urea groups is 1. The van der Waals surface area contributed by atoms with Crippen molar-refractivity contribution in [2.45, 2.75) is 0 Å². The number of anilines is 2. The van der Waals surface area contributed by atoms with Crippen molar-refractivity contribution in [3.05, 3.63) is 58.6 Å². The number of benzene rings is 2. The van der Waals surface area contributed by atoms with Gasteiger partial charge < -0.3 is 10.2 Å². The van der Waals surface area contributed by atoms with Gasteiger partial charge >= 0.3 is 6.03 Å². The molecule has 7 heteroatoms. The average Bonchev–Trinajstić information content (AvgIpc) is 2.93. The minimum atomic E-state index is -0.369. The standard InChI is InChI=1S/C16H14Cl2N4O/c17-13-7-6-11(10-14(13)18)20-16(23)22-9-8-21(15(22)19)12-4-2-1-3-5-12/h1-7,10,19H,8-9H2,(H,20,23). The molecule has 1 heterocycles. The molecule has 1 aliphatic rings. The molecule has 3 rings (SSSR count). The van der Waals surface area contributed by atoms with Gasteiger partial charge in [-0.25, -0.2) is 4.79 Å². The van der Waals surface area contributed by atoms with Gasteiger partial charge in [-0.15, -0.1) is 0 Å². The van der Waals surface area contributed by atoms with E-state index in [-0.39, 0.29) is 12.0 Å². The van der Waals surface area contributed by atoms with E-state index in [0.29, 0.717) is 28.8 Å². The lowest BCUT2D eigenvalue weighted by molar-refractivity contribution is 0.236. The highest BCUT2D eigenvalue weighted by Gasteiger charge is 2.30. The van der Waals surface area contributed by atoms with Crippen molar-refractivity contribution >= 4 is 46.6 Å². The molecule has 1 saturated heterocycles. The number of guanidine groups is 1. The molecule has 118 valence electrons. The smallest absolute Gasteiger partial charge is 0.311 e. The topological polar surface area (TPSA) is 59.4 Å². The number of carbonyl (C=O) groups is 1. The van der Waals surface area contributed by atoms with Crippen molar-refractivity contribution in [2.75, 3.05) is 23.3 Å². The molecule has 0 radical (unpaired) electrons. The third-order valence-corrected chi connectivity index (χ3v) is 4.28. The monoisotopic (exact) mass is 348 g/mol. The number of halogens is 2. The molecule has 0 atom stereocenters. The Bertz CT molecular complexity index is 751. The van der Waals surface area contributed by atoms with E-state index in [0.717, 1.165) is 5.69 Å². The number of rotatable bonds is 2. The van der Waals surface area contributed by atoms with Gasteiger partial charge in [-0.05, 0) is 30.3 Å². The van der Waals surface area contributed by atoms with Gasteiger partial charge in [0.1, 0.15) is 0 Å². The summed E-state index contributed by atoms with van der Waals surface area (Å²) in [6, 6.07) is 14.0. The van der Waals surface area contributed by atoms with E-state index in [2.05, 4.69) is 5.32 Å². The molecule has 1 aliphatic heterocycles. The van der Waals surface area contributed by atoms with Gasteiger partial charge in [0.2, 0.25) is 5.96 Å². The van der Waals surface area contributed by atoms with Crippen molar-refractivity contribution in [1.29, 1.82) is 5.41 Å². The van der Waals surface area contributed by atoms with Crippen LogP contribution in [-0.2, 0) is 0 Å². The second kappa shape index (κ2) is 6.48. The Labute approximate surface area is 143 Å². The molecule has 0 bridgehead atoms. The van der Waals surface area contributed by atoms with Crippen molar-refractivity contribution in [3.63, 3.8) is 0 Å². The van der Waals surface area contributed by atoms with Crippen molar-refractivity contribution in [1.82, 2.24) is 4.90 Å². The number of nitrogens with zero attached hydrogens (tertiary/aromatic N) is 2. The molecule has 5 nitrogen and oxygen atoms in total. The zero-order valence-corrected chi connectivity index (χ0v) is 13.6. The Morgan fingerprint density at radius 1 is 1.04 bits per heavy atom. The molecule has 0 aliphatic carbocycles. The highest BCUT2D eigenvalue weighted by molar-refractivity contribution is 6.42. The van der Waals surface area contributed by atoms with Gasteiger partial charge in [-0.1, -0.05) is 41.4 Å². The van der Waals surface area contributed by atoms with Gasteiger partial charge in [0.25, 0.3) is 0 Å². The van der Waals surface area contributed by atoms with E-state index in [9.17, 15) is 4.79 Å². The molecule has 2 aromatic carbocycles. The van der Waals surface area contributed by atoms with E-state index >= 15 is 0 Å². The summed E-state index contributed by atoms with van der Waals surface area (Å²) in [7, 11) is 0. The molecule has 23 heavy (non-hydrogen) atoms. The molecule has 0 saturated carbocycles. The maximum Gasteiger partial charge on any atom is 0.328 e. The zero-order valence-electron chi connectivity index (χ0n) is 12.1. The maximum absolute atomic E-state index is 12.4. The number of para-hydroxylation sites is 1. The third-order valence-electron chi connectivity index (χ3n) is 3.54. The molecule has 2 N–H and O–H groups in total. The highest BCUT2D eigenvalue weighted by atomic mass is 35.5. The summed E-state index contributed by atoms with van der Waals surface area (Å²) >= 11 is 11.8. The van der Waals surface area contributed by atoms with Crippen LogP contribution in [0.15, 0.2) is 48.5 Å². The minimum Gasteiger partial charge on any atom is -0.311 e. The van der Waals surface area contributed by atoms with Gasteiger partial charge in [0, 0.05) is 24.5 Å². The number of nitrogens with one attached hydrogen (secondary N) is 2. The fourth-order valence-electron chi connectivity index (χ4n) is 2.38. The first-order chi connectivity index (χ1) is 11.1. The van der Waals surface area contributed by atoms with Crippen LogP contribution in [0.3, 0.4) is 0 Å². The van der Waals surface area contributed by atoms with Crippen LogP contribution in [0.4, 0.5) is 16.2 Å². The van der Waals surface area contributed by atoms with Crippen LogP contribution in [0.1, 0.15) is 0 Å². The first kappa shape index (κ1) is 15.6. The van der Waals surface area contributed by atoms with Crippen LogP contribution in [0.2, 0.25) is 10.0 Å². The first-order valence-corrected chi connectivity index (χ1v) is 7.76. The molecule has 2 amide bonds. The Kier molecular flexibility index (Phi) is 4.41. The van der Waals surface area contributed by atoms with Crippen LogP contribution in [0.5, 0.6) is 0 Å². The summed E-state index contributed by atoms with van der Waals surface area (Å²) in [5.74, 6) is 0.147. The van der Waals surface area contributed by atoms with Crippen molar-refractivity contribution in [2.24, 2.45) is 0 Å². The fraction of sp³-hybridized carbons (Fsp3) is 0.125. The molecular formula is C16H14Cl2N4O. The normalized spacial score (nSPS) is 14.3. The SMILES string of the molecule is N=C1N(C(=O)Nc2ccc(Cl)c(Cl)c2)CCN1c1ccccc1. The van der Waals surface area contributed by atoms with Crippen molar-refractivity contribution < 1.29 is 4.79 Å². The predicted molar refractivity (Wildman–Crippen MR) is 93.7 cm³/mol. The van der Waals surface area contributed by atoms with Gasteiger partial charge in [0.05, 0.1) is 10.0 Å². The quantitative estimate of drug-likeness (QED) is 0.850. The summed E-state index contributed by atoms with van der Waals surface area (Å²) in [5.41, 5.74) is 1.43. The summed E-state index contributed by atoms with van der Waals surface area (Å²) in [6.07, 6.45) is 0. The molecular weight excluding hydrogens is 335 g/mol. The van der Waals surface area contributed by atoms with E-state index in [1.165, 1.54) is 4.90 Å². The van der Waals surface area contributed by atoms with Crippen LogP contribution in [0, 0.1) is 5.41 Å². The summed E-state index contributed by atoms with van der Waals surface area (Å²) in [6.45, 7) is 1.03. The van der Waals surface area contributed by atoms with Crippen LogP contribution in [0.25, 0.3) is 0 Å². The second-order valence-corrected chi connectivity index (χ2v) is 5.84. The van der Waals surface area contributed by atoms with E-state index in [1.807, 2.05) is 30.3 Å². The van der Waals surface area contributed by atoms with E-state index in [4.69, 9.17) is 28.6 Å². The molecule has 2 aromatic rings. The Morgan fingerprint density at radius 2 is 1.78 bits per heavy atom. The fourth-order valence-corrected chi connectivity index (χ4v) is 2.68. The summed E-state index contributed by atoms with van der Waals surface area (Å²) in [5, 5.41) is 11.7. The average molecular weight is 349 g/mol. The lowest BCUT2D eigenvalue weighted by atomic mass is 10.3. The van der Waals surface area contributed by atoms with Gasteiger partial charge in [0.15, 0.2) is 0 Å². The van der Waals surface area contributed by atoms with Crippen molar-refractivity contribution in [3.8, 4) is 0 Å². The highest BCUT2D eigenvalue weighted by Crippen LogP contribution is 2.26. The number of hydrogen-bond donors (Lipinski definition) is 2. The second-order valence-electron chi connectivity index (χ2n) is 5.02. The van der Waals surface area contributed by atoms with Crippen LogP contribution >= 0.6 is 23.2 Å². The Balaban J connectivity index is 1.71. The third kappa shape index (κ3) is 3.25. The molecule has 0 spiro atoms.